The summed E-state index contributed by atoms with van der Waals surface area (Å²) in [7, 11) is 1.96. The molecule has 3 rings (SSSR count). The second kappa shape index (κ2) is 6.32. The molecule has 1 aromatic carbocycles. The van der Waals surface area contributed by atoms with Gasteiger partial charge in [0.1, 0.15) is 0 Å². The minimum atomic E-state index is 0.0819. The van der Waals surface area contributed by atoms with E-state index in [9.17, 15) is 4.79 Å². The van der Waals surface area contributed by atoms with Gasteiger partial charge in [0.2, 0.25) is 0 Å². The minimum Gasteiger partial charge on any atom is -0.338 e. The number of nitrogens with one attached hydrogen (secondary N) is 1. The number of likely N-dealkylation sites (tertiary alicyclic amines) is 1. The molecule has 0 radical (unpaired) electrons. The van der Waals surface area contributed by atoms with Crippen molar-refractivity contribution in [3.05, 3.63) is 47.8 Å². The Hall–Kier alpha value is -2.14. The van der Waals surface area contributed by atoms with Crippen LogP contribution < -0.4 is 5.32 Å². The maximum atomic E-state index is 12.6. The molecule has 1 fully saturated rings. The van der Waals surface area contributed by atoms with E-state index in [0.717, 1.165) is 37.3 Å². The van der Waals surface area contributed by atoms with Crippen molar-refractivity contribution in [1.82, 2.24) is 20.0 Å². The van der Waals surface area contributed by atoms with E-state index in [1.54, 1.807) is 10.9 Å². The van der Waals surface area contributed by atoms with Gasteiger partial charge in [-0.3, -0.25) is 4.79 Å². The Bertz CT molecular complexity index is 664. The third-order valence-electron chi connectivity index (χ3n) is 4.26. The van der Waals surface area contributed by atoms with E-state index in [2.05, 4.69) is 10.4 Å². The number of nitrogens with zero attached hydrogens (tertiary/aromatic N) is 3. The molecule has 2 aromatic rings. The lowest BCUT2D eigenvalue weighted by Gasteiger charge is -2.15. The maximum absolute atomic E-state index is 12.6. The Labute approximate surface area is 130 Å². The number of carbonyl (C=O) groups is 1. The highest BCUT2D eigenvalue weighted by atomic mass is 16.2. The number of para-hydroxylation sites is 1. The molecule has 1 atom stereocenters. The summed E-state index contributed by atoms with van der Waals surface area (Å²) >= 11 is 0. The van der Waals surface area contributed by atoms with Crippen molar-refractivity contribution in [2.24, 2.45) is 5.92 Å². The van der Waals surface area contributed by atoms with Crippen LogP contribution in [0.15, 0.2) is 36.7 Å². The number of carbonyl (C=O) groups excluding carboxylic acids is 1. The van der Waals surface area contributed by atoms with Crippen LogP contribution >= 0.6 is 0 Å². The summed E-state index contributed by atoms with van der Waals surface area (Å²) < 4.78 is 1.78. The van der Waals surface area contributed by atoms with E-state index in [4.69, 9.17) is 0 Å². The van der Waals surface area contributed by atoms with Crippen LogP contribution in [0.25, 0.3) is 5.69 Å². The van der Waals surface area contributed by atoms with Crippen molar-refractivity contribution < 1.29 is 4.79 Å². The van der Waals surface area contributed by atoms with E-state index in [1.807, 2.05) is 49.3 Å². The van der Waals surface area contributed by atoms with Crippen LogP contribution in [0, 0.1) is 12.8 Å². The topological polar surface area (TPSA) is 50.2 Å². The smallest absolute Gasteiger partial charge is 0.257 e. The molecule has 1 aliphatic rings. The van der Waals surface area contributed by atoms with Crippen molar-refractivity contribution in [1.29, 1.82) is 0 Å². The molecule has 1 aromatic heterocycles. The number of hydrogen-bond acceptors (Lipinski definition) is 3. The van der Waals surface area contributed by atoms with Crippen LogP contribution in [0.5, 0.6) is 0 Å². The monoisotopic (exact) mass is 298 g/mol. The quantitative estimate of drug-likeness (QED) is 0.937. The molecular weight excluding hydrogens is 276 g/mol. The Kier molecular flexibility index (Phi) is 4.24. The number of hydrogen-bond donors (Lipinski definition) is 1. The average Bonchev–Trinajstić information content (AvgIpc) is 3.17. The molecule has 1 N–H and O–H groups in total. The molecular formula is C17H22N4O. The summed E-state index contributed by atoms with van der Waals surface area (Å²) in [6.45, 7) is 4.67. The standard InChI is InChI=1S/C17H22N4O/c1-13-5-3-4-6-16(13)21-12-15(10-19-21)17(22)20-8-7-14(11-20)9-18-2/h3-6,10,12,14,18H,7-9,11H2,1-2H3/t14-/m0/s1. The van der Waals surface area contributed by atoms with Crippen LogP contribution in [-0.4, -0.2) is 47.3 Å². The lowest BCUT2D eigenvalue weighted by molar-refractivity contribution is 0.0787. The summed E-state index contributed by atoms with van der Waals surface area (Å²) in [4.78, 5) is 14.5. The Morgan fingerprint density at radius 1 is 1.41 bits per heavy atom. The molecule has 0 aliphatic carbocycles. The van der Waals surface area contributed by atoms with Gasteiger partial charge in [0, 0.05) is 19.3 Å². The number of aromatic nitrogens is 2. The highest BCUT2D eigenvalue weighted by Crippen LogP contribution is 2.19. The number of amides is 1. The molecule has 1 saturated heterocycles. The molecule has 1 aliphatic heterocycles. The zero-order chi connectivity index (χ0) is 15.5. The molecule has 0 saturated carbocycles. The van der Waals surface area contributed by atoms with Gasteiger partial charge in [-0.25, -0.2) is 4.68 Å². The van der Waals surface area contributed by atoms with Crippen molar-refractivity contribution >= 4 is 5.91 Å². The fourth-order valence-electron chi connectivity index (χ4n) is 3.04. The van der Waals surface area contributed by atoms with Crippen LogP contribution in [0.4, 0.5) is 0 Å². The summed E-state index contributed by atoms with van der Waals surface area (Å²) in [5.74, 6) is 0.638. The lowest BCUT2D eigenvalue weighted by atomic mass is 10.1. The van der Waals surface area contributed by atoms with Crippen molar-refractivity contribution in [2.45, 2.75) is 13.3 Å². The van der Waals surface area contributed by atoms with Crippen LogP contribution in [0.3, 0.4) is 0 Å². The molecule has 0 spiro atoms. The highest BCUT2D eigenvalue weighted by molar-refractivity contribution is 5.94. The van der Waals surface area contributed by atoms with Gasteiger partial charge in [-0.2, -0.15) is 5.10 Å². The minimum absolute atomic E-state index is 0.0819. The van der Waals surface area contributed by atoms with Gasteiger partial charge in [-0.15, -0.1) is 0 Å². The van der Waals surface area contributed by atoms with Gasteiger partial charge in [0.05, 0.1) is 17.4 Å². The summed E-state index contributed by atoms with van der Waals surface area (Å²) in [5, 5.41) is 7.54. The number of rotatable bonds is 4. The van der Waals surface area contributed by atoms with E-state index in [-0.39, 0.29) is 5.91 Å². The lowest BCUT2D eigenvalue weighted by Crippen LogP contribution is -2.30. The summed E-state index contributed by atoms with van der Waals surface area (Å²) in [5.41, 5.74) is 2.81. The van der Waals surface area contributed by atoms with Gasteiger partial charge in [-0.05, 0) is 44.5 Å². The molecule has 22 heavy (non-hydrogen) atoms. The third kappa shape index (κ3) is 2.90. The normalized spacial score (nSPS) is 17.9. The van der Waals surface area contributed by atoms with E-state index in [1.165, 1.54) is 0 Å². The molecule has 5 nitrogen and oxygen atoms in total. The first-order valence-corrected chi connectivity index (χ1v) is 7.73. The number of aryl methyl sites for hydroxylation is 1. The highest BCUT2D eigenvalue weighted by Gasteiger charge is 2.27. The van der Waals surface area contributed by atoms with Crippen molar-refractivity contribution in [3.8, 4) is 5.69 Å². The van der Waals surface area contributed by atoms with Gasteiger partial charge in [-0.1, -0.05) is 18.2 Å². The number of benzene rings is 1. The van der Waals surface area contributed by atoms with Crippen molar-refractivity contribution in [3.63, 3.8) is 0 Å². The Morgan fingerprint density at radius 3 is 3.00 bits per heavy atom. The fourth-order valence-corrected chi connectivity index (χ4v) is 3.04. The third-order valence-corrected chi connectivity index (χ3v) is 4.26. The van der Waals surface area contributed by atoms with Gasteiger partial charge >= 0.3 is 0 Å². The first-order valence-electron chi connectivity index (χ1n) is 7.73. The second-order valence-electron chi connectivity index (χ2n) is 5.92. The van der Waals surface area contributed by atoms with Crippen LogP contribution in [0.1, 0.15) is 22.3 Å². The van der Waals surface area contributed by atoms with Gasteiger partial charge in [0.15, 0.2) is 0 Å². The predicted octanol–water partition coefficient (Wildman–Crippen LogP) is 1.86. The van der Waals surface area contributed by atoms with Crippen molar-refractivity contribution in [2.75, 3.05) is 26.7 Å². The Balaban J connectivity index is 1.74. The molecule has 1 amide bonds. The zero-order valence-corrected chi connectivity index (χ0v) is 13.1. The summed E-state index contributed by atoms with van der Waals surface area (Å²) in [6, 6.07) is 8.03. The predicted molar refractivity (Wildman–Crippen MR) is 86.2 cm³/mol. The first-order chi connectivity index (χ1) is 10.7. The molecule has 0 bridgehead atoms. The molecule has 0 unspecified atom stereocenters. The Morgan fingerprint density at radius 2 is 2.23 bits per heavy atom. The largest absolute Gasteiger partial charge is 0.338 e. The zero-order valence-electron chi connectivity index (χ0n) is 13.1. The summed E-state index contributed by atoms with van der Waals surface area (Å²) in [6.07, 6.45) is 4.56. The maximum Gasteiger partial charge on any atom is 0.257 e. The van der Waals surface area contributed by atoms with E-state index < -0.39 is 0 Å². The molecule has 2 heterocycles. The van der Waals surface area contributed by atoms with Crippen LogP contribution in [0.2, 0.25) is 0 Å². The first kappa shape index (κ1) is 14.8. The molecule has 116 valence electrons. The van der Waals surface area contributed by atoms with Crippen LogP contribution in [-0.2, 0) is 0 Å². The molecule has 5 heteroatoms. The van der Waals surface area contributed by atoms with Gasteiger partial charge < -0.3 is 10.2 Å². The average molecular weight is 298 g/mol. The fraction of sp³-hybridized carbons (Fsp3) is 0.412. The SMILES string of the molecule is CNC[C@@H]1CCN(C(=O)c2cnn(-c3ccccc3C)c2)C1. The van der Waals surface area contributed by atoms with E-state index >= 15 is 0 Å². The second-order valence-corrected chi connectivity index (χ2v) is 5.92. The van der Waals surface area contributed by atoms with E-state index in [0.29, 0.717) is 11.5 Å². The van der Waals surface area contributed by atoms with Gasteiger partial charge in [0.25, 0.3) is 5.91 Å².